The predicted molar refractivity (Wildman–Crippen MR) is 71.6 cm³/mol. The smallest absolute Gasteiger partial charge is 0.241 e. The number of anilines is 1. The number of aliphatic hydroxyl groups excluding tert-OH is 1. The van der Waals surface area contributed by atoms with Crippen molar-refractivity contribution in [1.29, 1.82) is 0 Å². The Balaban J connectivity index is 3.30. The molecule has 19 heavy (non-hydrogen) atoms. The van der Waals surface area contributed by atoms with Gasteiger partial charge >= 0.3 is 0 Å². The van der Waals surface area contributed by atoms with E-state index in [4.69, 9.17) is 5.73 Å². The fourth-order valence-corrected chi connectivity index (χ4v) is 3.20. The van der Waals surface area contributed by atoms with E-state index in [0.29, 0.717) is 0 Å². The molecule has 1 rings (SSSR count). The molecule has 4 N–H and O–H groups in total. The van der Waals surface area contributed by atoms with Crippen molar-refractivity contribution in [1.82, 2.24) is 4.72 Å². The van der Waals surface area contributed by atoms with Gasteiger partial charge in [0.15, 0.2) is 0 Å². The van der Waals surface area contributed by atoms with Crippen LogP contribution in [0.1, 0.15) is 26.3 Å². The van der Waals surface area contributed by atoms with E-state index in [1.807, 2.05) is 0 Å². The van der Waals surface area contributed by atoms with Crippen molar-refractivity contribution in [3.05, 3.63) is 23.5 Å². The summed E-state index contributed by atoms with van der Waals surface area (Å²) in [7, 11) is -3.97. The molecule has 7 heteroatoms. The Hall–Kier alpha value is -1.18. The van der Waals surface area contributed by atoms with Gasteiger partial charge in [0.25, 0.3) is 0 Å². The summed E-state index contributed by atoms with van der Waals surface area (Å²) in [4.78, 5) is -0.223. The summed E-state index contributed by atoms with van der Waals surface area (Å²) in [6, 6.07) is 2.26. The van der Waals surface area contributed by atoms with Gasteiger partial charge in [0, 0.05) is 11.3 Å². The van der Waals surface area contributed by atoms with Crippen molar-refractivity contribution >= 4 is 15.7 Å². The lowest BCUT2D eigenvalue weighted by atomic mass is 10.0. The second kappa shape index (κ2) is 5.07. The third-order valence-corrected chi connectivity index (χ3v) is 4.85. The van der Waals surface area contributed by atoms with Crippen molar-refractivity contribution in [3.8, 4) is 0 Å². The Kier molecular flexibility index (Phi) is 4.23. The summed E-state index contributed by atoms with van der Waals surface area (Å²) in [6.07, 6.45) is -0.909. The molecule has 0 radical (unpaired) electrons. The molecule has 1 aromatic rings. The molecule has 0 amide bonds. The largest absolute Gasteiger partial charge is 0.399 e. The zero-order chi connectivity index (χ0) is 15.0. The number of aliphatic hydroxyl groups is 1. The number of nitrogens with two attached hydrogens (primary N) is 1. The summed E-state index contributed by atoms with van der Waals surface area (Å²) in [6.45, 7) is 5.90. The zero-order valence-electron chi connectivity index (χ0n) is 11.4. The Labute approximate surface area is 112 Å². The van der Waals surface area contributed by atoms with Gasteiger partial charge in [-0.1, -0.05) is 0 Å². The van der Waals surface area contributed by atoms with E-state index >= 15 is 0 Å². The number of hydrogen-bond donors (Lipinski definition) is 3. The first kappa shape index (κ1) is 15.9. The van der Waals surface area contributed by atoms with Crippen molar-refractivity contribution in [2.24, 2.45) is 0 Å². The van der Waals surface area contributed by atoms with E-state index in [2.05, 4.69) is 4.72 Å². The van der Waals surface area contributed by atoms with Gasteiger partial charge < -0.3 is 10.8 Å². The van der Waals surface area contributed by atoms with Gasteiger partial charge in [-0.2, -0.15) is 0 Å². The highest BCUT2D eigenvalue weighted by molar-refractivity contribution is 7.89. The van der Waals surface area contributed by atoms with E-state index in [9.17, 15) is 17.9 Å². The molecule has 0 aromatic heterocycles. The van der Waals surface area contributed by atoms with E-state index < -0.39 is 27.5 Å². The van der Waals surface area contributed by atoms with Gasteiger partial charge in [-0.3, -0.25) is 0 Å². The van der Waals surface area contributed by atoms with Crippen LogP contribution < -0.4 is 10.5 Å². The molecule has 0 bridgehead atoms. The average molecular weight is 290 g/mol. The summed E-state index contributed by atoms with van der Waals surface area (Å²) < 4.78 is 40.3. The lowest BCUT2D eigenvalue weighted by molar-refractivity contribution is 0.111. The number of nitrogens with one attached hydrogen (secondary N) is 1. The molecule has 0 aliphatic rings. The van der Waals surface area contributed by atoms with E-state index in [1.165, 1.54) is 33.8 Å². The Bertz CT molecular complexity index is 583. The van der Waals surface area contributed by atoms with Gasteiger partial charge in [-0.05, 0) is 39.8 Å². The highest BCUT2D eigenvalue weighted by atomic mass is 32.2. The van der Waals surface area contributed by atoms with Crippen LogP contribution in [0.2, 0.25) is 0 Å². The minimum Gasteiger partial charge on any atom is -0.399 e. The van der Waals surface area contributed by atoms with Crippen LogP contribution in [0.25, 0.3) is 0 Å². The molecule has 0 aliphatic carbocycles. The van der Waals surface area contributed by atoms with Crippen LogP contribution in [0, 0.1) is 12.7 Å². The lowest BCUT2D eigenvalue weighted by Gasteiger charge is -2.29. The maximum atomic E-state index is 13.5. The van der Waals surface area contributed by atoms with Crippen LogP contribution in [0.15, 0.2) is 17.0 Å². The molecule has 108 valence electrons. The van der Waals surface area contributed by atoms with Crippen LogP contribution >= 0.6 is 0 Å². The molecular formula is C12H19FN2O3S. The zero-order valence-corrected chi connectivity index (χ0v) is 12.2. The number of nitrogen functional groups attached to an aromatic ring is 1. The van der Waals surface area contributed by atoms with E-state index in [0.717, 1.165) is 6.07 Å². The number of benzene rings is 1. The minimum atomic E-state index is -3.97. The maximum Gasteiger partial charge on any atom is 0.241 e. The number of sulfonamides is 1. The Morgan fingerprint density at radius 1 is 1.42 bits per heavy atom. The highest BCUT2D eigenvalue weighted by Gasteiger charge is 2.31. The standard InChI is InChI=1S/C12H19FN2O3S/c1-7-10(13)5-9(14)6-11(7)19(17,18)15-12(3,4)8(2)16/h5-6,8,15-16H,14H2,1-4H3. The fourth-order valence-electron chi connectivity index (χ4n) is 1.44. The van der Waals surface area contributed by atoms with E-state index in [-0.39, 0.29) is 16.1 Å². The molecule has 0 heterocycles. The first-order valence-electron chi connectivity index (χ1n) is 5.75. The quantitative estimate of drug-likeness (QED) is 0.725. The monoisotopic (exact) mass is 290 g/mol. The van der Waals surface area contributed by atoms with Gasteiger partial charge in [0.2, 0.25) is 10.0 Å². The number of hydrogen-bond acceptors (Lipinski definition) is 4. The summed E-state index contributed by atoms with van der Waals surface area (Å²) in [5.41, 5.74) is 4.41. The molecule has 0 aliphatic heterocycles. The van der Waals surface area contributed by atoms with Gasteiger partial charge in [-0.15, -0.1) is 0 Å². The fraction of sp³-hybridized carbons (Fsp3) is 0.500. The van der Waals surface area contributed by atoms with Crippen LogP contribution in [-0.4, -0.2) is 25.2 Å². The Morgan fingerprint density at radius 2 is 1.95 bits per heavy atom. The van der Waals surface area contributed by atoms with Gasteiger partial charge in [-0.25, -0.2) is 17.5 Å². The Morgan fingerprint density at radius 3 is 2.42 bits per heavy atom. The maximum absolute atomic E-state index is 13.5. The SMILES string of the molecule is Cc1c(F)cc(N)cc1S(=O)(=O)NC(C)(C)C(C)O. The molecule has 0 saturated heterocycles. The first-order valence-corrected chi connectivity index (χ1v) is 7.23. The van der Waals surface area contributed by atoms with Crippen LogP contribution in [0.3, 0.4) is 0 Å². The molecule has 1 unspecified atom stereocenters. The molecule has 1 aromatic carbocycles. The molecule has 1 atom stereocenters. The summed E-state index contributed by atoms with van der Waals surface area (Å²) in [5.74, 6) is -0.685. The molecular weight excluding hydrogens is 271 g/mol. The molecule has 5 nitrogen and oxygen atoms in total. The minimum absolute atomic E-state index is 0.0110. The van der Waals surface area contributed by atoms with E-state index in [1.54, 1.807) is 0 Å². The topological polar surface area (TPSA) is 92.4 Å². The third kappa shape index (κ3) is 3.43. The van der Waals surface area contributed by atoms with Crippen molar-refractivity contribution in [2.75, 3.05) is 5.73 Å². The number of halogens is 1. The van der Waals surface area contributed by atoms with Crippen molar-refractivity contribution in [2.45, 2.75) is 44.2 Å². The van der Waals surface area contributed by atoms with Crippen LogP contribution in [0.5, 0.6) is 0 Å². The van der Waals surface area contributed by atoms with Crippen molar-refractivity contribution in [3.63, 3.8) is 0 Å². The first-order chi connectivity index (χ1) is 8.47. The molecule has 0 fully saturated rings. The lowest BCUT2D eigenvalue weighted by Crippen LogP contribution is -2.50. The van der Waals surface area contributed by atoms with Crippen molar-refractivity contribution < 1.29 is 17.9 Å². The predicted octanol–water partition coefficient (Wildman–Crippen LogP) is 1.15. The highest BCUT2D eigenvalue weighted by Crippen LogP contribution is 2.23. The summed E-state index contributed by atoms with van der Waals surface area (Å²) >= 11 is 0. The van der Waals surface area contributed by atoms with Crippen LogP contribution in [0.4, 0.5) is 10.1 Å². The molecule has 0 saturated carbocycles. The van der Waals surface area contributed by atoms with Gasteiger partial charge in [0.05, 0.1) is 16.5 Å². The average Bonchev–Trinajstić information content (AvgIpc) is 2.21. The molecule has 0 spiro atoms. The second-order valence-electron chi connectivity index (χ2n) is 5.13. The summed E-state index contributed by atoms with van der Waals surface area (Å²) in [5, 5.41) is 9.54. The van der Waals surface area contributed by atoms with Crippen LogP contribution in [-0.2, 0) is 10.0 Å². The third-order valence-electron chi connectivity index (χ3n) is 3.05. The van der Waals surface area contributed by atoms with Gasteiger partial charge in [0.1, 0.15) is 5.82 Å². The number of rotatable bonds is 4. The normalized spacial score (nSPS) is 14.4. The second-order valence-corrected chi connectivity index (χ2v) is 6.78.